The summed E-state index contributed by atoms with van der Waals surface area (Å²) in [6.45, 7) is 18.9. The zero-order valence-corrected chi connectivity index (χ0v) is 87.0. The molecule has 0 aliphatic carbocycles. The van der Waals surface area contributed by atoms with E-state index in [0.717, 1.165) is 42.2 Å². The number of aliphatic hydroxyl groups excluding tert-OH is 6. The summed E-state index contributed by atoms with van der Waals surface area (Å²) in [5, 5.41) is 91.7. The maximum absolute atomic E-state index is 13.7. The molecule has 4 aromatic carbocycles. The first-order valence-corrected chi connectivity index (χ1v) is 50.8. The van der Waals surface area contributed by atoms with Crippen LogP contribution in [0.25, 0.3) is 69.3 Å². The molecule has 1 aliphatic heterocycles. The van der Waals surface area contributed by atoms with Crippen LogP contribution in [-0.4, -0.2) is 287 Å². The molecular formula is C95H120CaF4N13O24S4-. The number of carboxylic acids is 3. The molecule has 0 saturated carbocycles. The number of terminal acetylenes is 1. The van der Waals surface area contributed by atoms with Crippen LogP contribution in [0.15, 0.2) is 121 Å². The van der Waals surface area contributed by atoms with Crippen molar-refractivity contribution >= 4 is 150 Å². The monoisotopic (exact) mass is 2070 g/mol. The number of carboxylic acid groups (broad SMARTS) is 3. The maximum atomic E-state index is 13.7. The number of aliphatic hydroxyl groups is 6. The molecule has 8 aromatic rings. The average molecular weight is 2070 g/mol. The van der Waals surface area contributed by atoms with Gasteiger partial charge in [-0.2, -0.15) is 0 Å². The summed E-state index contributed by atoms with van der Waals surface area (Å²) in [5.74, 6) is -5.98. The molecular weight excluding hydrogens is 1950 g/mol. The number of esters is 1. The summed E-state index contributed by atoms with van der Waals surface area (Å²) in [5.41, 5.74) is 12.4. The molecule has 8 atom stereocenters. The number of aliphatic carboxylic acids is 3. The van der Waals surface area contributed by atoms with E-state index < -0.39 is 155 Å². The van der Waals surface area contributed by atoms with Crippen LogP contribution in [0, 0.1) is 35.6 Å². The van der Waals surface area contributed by atoms with Crippen molar-refractivity contribution in [3.05, 3.63) is 190 Å². The SMILES string of the molecule is C#CCN.CC(C)c1nc(N(C)S(C)(=O)=O)nc(-c2ccc(F)cc2)c1/C=C/[C@@H](O)C[C@@H](O)CC(=O)[O-].CC(C)c1nc(N(C)S(C)(=O)=O)nc(-c2ccc(F)cc2)c1/C=C/[C@@H](O)C[C@@H](O)CC(=O)[O-].CC(C)c1nc(N(C)S(C)(=O)=O)nc(-c2ccc(F)cc2)c1/C=C/[C@@H](O)C[C@@H](O)CC(=O)[O-].COC(=O)C[C@H]1C[C@@H](/C=C/c2c(-c3ccc(F)cc3)nc(N(C)S(C)(=O)=O)nc2C(C)C)OC(C)(C)O1.[Ca+2]. The fraction of sp³-hybridized carbons (Fsp3) is 0.432. The Hall–Kier alpha value is -10.8. The van der Waals surface area contributed by atoms with Gasteiger partial charge in [-0.05, 0) is 135 Å². The Bertz CT molecular complexity index is 5810. The minimum Gasteiger partial charge on any atom is -0.550 e. The van der Waals surface area contributed by atoms with E-state index in [1.165, 1.54) is 157 Å². The molecule has 0 radical (unpaired) electrons. The molecule has 141 heavy (non-hydrogen) atoms. The molecule has 1 aliphatic rings. The number of hydrogen-bond donors (Lipinski definition) is 7. The molecule has 8 N–H and O–H groups in total. The van der Waals surface area contributed by atoms with E-state index in [0.29, 0.717) is 103 Å². The predicted molar refractivity (Wildman–Crippen MR) is 523 cm³/mol. The Kier molecular flexibility index (Phi) is 47.9. The molecule has 37 nitrogen and oxygen atoms in total. The van der Waals surface area contributed by atoms with Gasteiger partial charge >= 0.3 is 43.7 Å². The Morgan fingerprint density at radius 1 is 0.454 bits per heavy atom. The largest absolute Gasteiger partial charge is 2.00 e. The Labute approximate surface area is 849 Å². The third-order valence-corrected chi connectivity index (χ3v) is 25.1. The number of methoxy groups -OCH3 is 1. The number of sulfonamides is 4. The first-order chi connectivity index (χ1) is 65.0. The number of carbonyl (C=O) groups is 4. The van der Waals surface area contributed by atoms with Gasteiger partial charge < -0.3 is 80.3 Å². The topological polar surface area (TPSA) is 565 Å². The molecule has 1 fully saturated rings. The Morgan fingerprint density at radius 3 is 0.879 bits per heavy atom. The van der Waals surface area contributed by atoms with Crippen LogP contribution >= 0.6 is 0 Å². The summed E-state index contributed by atoms with van der Waals surface area (Å²) in [6, 6.07) is 22.2. The van der Waals surface area contributed by atoms with Gasteiger partial charge in [0, 0.05) is 136 Å². The van der Waals surface area contributed by atoms with Crippen molar-refractivity contribution in [2.45, 2.75) is 199 Å². The minimum absolute atomic E-state index is 0. The number of carbonyl (C=O) groups excluding carboxylic acids is 4. The van der Waals surface area contributed by atoms with E-state index >= 15 is 0 Å². The average Bonchev–Trinajstić information content (AvgIpc) is 0.787. The molecule has 0 spiro atoms. The second kappa shape index (κ2) is 55.2. The molecule has 5 heterocycles. The van der Waals surface area contributed by atoms with Crippen molar-refractivity contribution < 1.29 is 131 Å². The van der Waals surface area contributed by atoms with Gasteiger partial charge in [0.25, 0.3) is 0 Å². The van der Waals surface area contributed by atoms with E-state index in [-0.39, 0.29) is 117 Å². The molecule has 4 aromatic heterocycles. The van der Waals surface area contributed by atoms with Crippen molar-refractivity contribution in [2.24, 2.45) is 5.73 Å². The third kappa shape index (κ3) is 39.5. The summed E-state index contributed by atoms with van der Waals surface area (Å²) in [6.07, 6.45) is 10.9. The van der Waals surface area contributed by atoms with Gasteiger partial charge in [0.15, 0.2) is 5.79 Å². The number of aromatic nitrogens is 8. The van der Waals surface area contributed by atoms with Crippen LogP contribution in [0.3, 0.4) is 0 Å². The Morgan fingerprint density at radius 2 is 0.681 bits per heavy atom. The van der Waals surface area contributed by atoms with Gasteiger partial charge in [-0.1, -0.05) is 110 Å². The Balaban J connectivity index is 0.000000386. The number of nitrogens with zero attached hydrogens (tertiary/aromatic N) is 12. The maximum Gasteiger partial charge on any atom is 2.00 e. The predicted octanol–water partition coefficient (Wildman–Crippen LogP) is 6.69. The van der Waals surface area contributed by atoms with Crippen molar-refractivity contribution in [1.82, 2.24) is 39.9 Å². The molecule has 9 rings (SSSR count). The fourth-order valence-electron chi connectivity index (χ4n) is 13.2. The quantitative estimate of drug-likeness (QED) is 0.00917. The normalized spacial score (nSPS) is 15.1. The van der Waals surface area contributed by atoms with E-state index in [2.05, 4.69) is 52.2 Å². The summed E-state index contributed by atoms with van der Waals surface area (Å²) < 4.78 is 172. The van der Waals surface area contributed by atoms with Gasteiger partial charge in [0.2, 0.25) is 63.9 Å². The van der Waals surface area contributed by atoms with E-state index in [4.69, 9.17) is 19.9 Å². The number of anilines is 4. The number of hydrogen-bond acceptors (Lipinski definition) is 33. The first-order valence-electron chi connectivity index (χ1n) is 43.4. The summed E-state index contributed by atoms with van der Waals surface area (Å²) >= 11 is 0. The number of benzene rings is 4. The molecule has 0 unspecified atom stereocenters. The zero-order chi connectivity index (χ0) is 106. The molecule has 46 heteroatoms. The van der Waals surface area contributed by atoms with Gasteiger partial charge in [-0.15, -0.1) is 6.42 Å². The van der Waals surface area contributed by atoms with Gasteiger partial charge in [-0.3, -0.25) is 4.79 Å². The van der Waals surface area contributed by atoms with E-state index in [1.807, 2.05) is 67.5 Å². The number of halogens is 4. The van der Waals surface area contributed by atoms with Crippen molar-refractivity contribution in [1.29, 1.82) is 0 Å². The molecule has 0 bridgehead atoms. The van der Waals surface area contributed by atoms with Crippen molar-refractivity contribution in [3.63, 3.8) is 0 Å². The van der Waals surface area contributed by atoms with Crippen LogP contribution < -0.4 is 38.3 Å². The van der Waals surface area contributed by atoms with Gasteiger partial charge in [-0.25, -0.2) is 108 Å². The second-order valence-electron chi connectivity index (χ2n) is 34.0. The van der Waals surface area contributed by atoms with E-state index in [9.17, 15) is 116 Å². The smallest absolute Gasteiger partial charge is 0.550 e. The summed E-state index contributed by atoms with van der Waals surface area (Å²) in [4.78, 5) is 79.3. The van der Waals surface area contributed by atoms with E-state index in [1.54, 1.807) is 26.0 Å². The molecule has 0 amide bonds. The van der Waals surface area contributed by atoms with Crippen molar-refractivity contribution in [3.8, 4) is 57.4 Å². The number of nitrogens with two attached hydrogens (primary N) is 1. The van der Waals surface area contributed by atoms with Crippen LogP contribution in [0.1, 0.15) is 189 Å². The zero-order valence-electron chi connectivity index (χ0n) is 81.6. The first kappa shape index (κ1) is 123. The molecule has 764 valence electrons. The fourth-order valence-corrected chi connectivity index (χ4v) is 14.7. The minimum atomic E-state index is -3.66. The van der Waals surface area contributed by atoms with Crippen LogP contribution in [0.5, 0.6) is 0 Å². The van der Waals surface area contributed by atoms with Crippen LogP contribution in [-0.2, 0) is 73.5 Å². The standard InChI is InChI=1S/C26H34FN3O6S.3C22H28FN3O6S.C3H5N.Ca/c1-16(2)23-21(13-12-19-14-20(15-22(31)34-6)36-26(3,4)35-19)24(17-8-10-18(27)11-9-17)29-25(28-23)30(5)37(7,32)33;3*1-13(2)20-18(10-9-16(27)11-17(28)12-19(29)30)21(14-5-7-15(23)8-6-14)25-22(24-20)26(3)33(4,31)32;1-2-3-4;/h8-13,16,19-20H,14-15H2,1-7H3;3*5-10,13,16-17,27-28H,11-12H2,1-4H3,(H,29,30);1H,3-4H2;/q;;;;;+2/p-3/b13-12+;3*10-9+;;/t19-,20-;3*16-,17-;;/m1111../s1. The van der Waals surface area contributed by atoms with Gasteiger partial charge in [0.1, 0.15) is 23.3 Å². The number of rotatable bonds is 38. The number of ether oxygens (including phenoxy) is 3. The second-order valence-corrected chi connectivity index (χ2v) is 42.1. The van der Waals surface area contributed by atoms with Crippen LogP contribution in [0.4, 0.5) is 41.4 Å². The third-order valence-electron chi connectivity index (χ3n) is 20.4. The van der Waals surface area contributed by atoms with Crippen molar-refractivity contribution in [2.75, 3.05) is 84.1 Å². The summed E-state index contributed by atoms with van der Waals surface area (Å²) in [7, 11) is -7.91. The molecule has 1 saturated heterocycles. The van der Waals surface area contributed by atoms with Crippen LogP contribution in [0.2, 0.25) is 0 Å². The van der Waals surface area contributed by atoms with Gasteiger partial charge in [0.05, 0.1) is 139 Å².